The Balaban J connectivity index is 4.35. The first-order valence-electron chi connectivity index (χ1n) is 4.10. The number of rotatable bonds is 8. The van der Waals surface area contributed by atoms with Crippen molar-refractivity contribution in [3.05, 3.63) is 25.7 Å². The van der Waals surface area contributed by atoms with Gasteiger partial charge in [0, 0.05) is 13.2 Å². The maximum Gasteiger partial charge on any atom is 0.819 e. The van der Waals surface area contributed by atoms with Crippen molar-refractivity contribution in [1.29, 1.82) is 0 Å². The van der Waals surface area contributed by atoms with Crippen molar-refractivity contribution >= 4 is 9.05 Å². The molecular weight excluding hydrogens is 188 g/mol. The van der Waals surface area contributed by atoms with E-state index in [1.807, 2.05) is 13.8 Å². The molecule has 0 aliphatic carbocycles. The topological polar surface area (TPSA) is 36.9 Å². The van der Waals surface area contributed by atoms with Gasteiger partial charge in [0.25, 0.3) is 0 Å². The third-order valence-electron chi connectivity index (χ3n) is 1.10. The SMILES string of the molecule is C=CO[Si](OC=C)(OCC)OCC. The average molecular weight is 204 g/mol. The Labute approximate surface area is 80.2 Å². The van der Waals surface area contributed by atoms with Gasteiger partial charge >= 0.3 is 9.05 Å². The monoisotopic (exact) mass is 204 g/mol. The summed E-state index contributed by atoms with van der Waals surface area (Å²) >= 11 is 0. The van der Waals surface area contributed by atoms with Crippen LogP contribution in [0.15, 0.2) is 25.7 Å². The number of hydrogen-bond donors (Lipinski definition) is 0. The van der Waals surface area contributed by atoms with Gasteiger partial charge in [0.05, 0.1) is 12.5 Å². The fraction of sp³-hybridized carbons (Fsp3) is 0.500. The summed E-state index contributed by atoms with van der Waals surface area (Å²) in [7, 11) is -3.03. The Kier molecular flexibility index (Phi) is 6.30. The molecule has 0 aromatic carbocycles. The highest BCUT2D eigenvalue weighted by Gasteiger charge is 2.48. The summed E-state index contributed by atoms with van der Waals surface area (Å²) in [5.74, 6) is 0. The molecule has 0 amide bonds. The van der Waals surface area contributed by atoms with Gasteiger partial charge in [-0.25, -0.2) is 0 Å². The summed E-state index contributed by atoms with van der Waals surface area (Å²) in [5.41, 5.74) is 0. The van der Waals surface area contributed by atoms with Crippen LogP contribution < -0.4 is 0 Å². The molecule has 0 aliphatic heterocycles. The Hall–Kier alpha value is -0.783. The van der Waals surface area contributed by atoms with Crippen LogP contribution in [-0.2, 0) is 17.7 Å². The second-order valence-electron chi connectivity index (χ2n) is 1.94. The van der Waals surface area contributed by atoms with Crippen molar-refractivity contribution in [2.75, 3.05) is 13.2 Å². The highest BCUT2D eigenvalue weighted by Crippen LogP contribution is 2.12. The highest BCUT2D eigenvalue weighted by atomic mass is 28.4. The smallest absolute Gasteiger partial charge is 0.478 e. The molecule has 0 saturated carbocycles. The molecule has 4 nitrogen and oxygen atoms in total. The van der Waals surface area contributed by atoms with E-state index in [-0.39, 0.29) is 0 Å². The van der Waals surface area contributed by atoms with E-state index in [2.05, 4.69) is 13.2 Å². The zero-order valence-corrected chi connectivity index (χ0v) is 9.12. The van der Waals surface area contributed by atoms with Gasteiger partial charge in [-0.2, -0.15) is 0 Å². The van der Waals surface area contributed by atoms with Crippen LogP contribution in [0.2, 0.25) is 0 Å². The quantitative estimate of drug-likeness (QED) is 0.446. The molecule has 0 bridgehead atoms. The van der Waals surface area contributed by atoms with Crippen molar-refractivity contribution in [2.24, 2.45) is 0 Å². The maximum absolute atomic E-state index is 5.28. The van der Waals surface area contributed by atoms with Crippen molar-refractivity contribution in [3.8, 4) is 0 Å². The Bertz CT molecular complexity index is 142. The van der Waals surface area contributed by atoms with Gasteiger partial charge in [-0.05, 0) is 13.8 Å². The molecule has 76 valence electrons. The first-order chi connectivity index (χ1) is 6.24. The van der Waals surface area contributed by atoms with Gasteiger partial charge in [-0.3, -0.25) is 0 Å². The summed E-state index contributed by atoms with van der Waals surface area (Å²) in [6.07, 6.45) is 2.50. The Morgan fingerprint density at radius 1 is 1.00 bits per heavy atom. The van der Waals surface area contributed by atoms with Crippen LogP contribution in [0.5, 0.6) is 0 Å². The fourth-order valence-electron chi connectivity index (χ4n) is 0.763. The second kappa shape index (κ2) is 6.70. The van der Waals surface area contributed by atoms with E-state index in [0.29, 0.717) is 13.2 Å². The molecule has 0 saturated heterocycles. The molecule has 0 heterocycles. The van der Waals surface area contributed by atoms with Gasteiger partial charge < -0.3 is 17.7 Å². The molecule has 0 spiro atoms. The summed E-state index contributed by atoms with van der Waals surface area (Å²) < 4.78 is 20.8. The van der Waals surface area contributed by atoms with Gasteiger partial charge in [-0.1, -0.05) is 13.2 Å². The third kappa shape index (κ3) is 4.12. The molecule has 0 aromatic rings. The van der Waals surface area contributed by atoms with Gasteiger partial charge in [0.1, 0.15) is 0 Å². The lowest BCUT2D eigenvalue weighted by molar-refractivity contribution is 0.0198. The molecule has 5 heteroatoms. The van der Waals surface area contributed by atoms with E-state index >= 15 is 0 Å². The van der Waals surface area contributed by atoms with Crippen LogP contribution in [0.3, 0.4) is 0 Å². The number of hydrogen-bond acceptors (Lipinski definition) is 4. The molecule has 13 heavy (non-hydrogen) atoms. The molecule has 0 atom stereocenters. The van der Waals surface area contributed by atoms with Crippen LogP contribution in [0, 0.1) is 0 Å². The molecule has 0 radical (unpaired) electrons. The van der Waals surface area contributed by atoms with Crippen LogP contribution in [0.1, 0.15) is 13.8 Å². The van der Waals surface area contributed by atoms with Gasteiger partial charge in [0.2, 0.25) is 0 Å². The normalized spacial score (nSPS) is 10.6. The van der Waals surface area contributed by atoms with Crippen molar-refractivity contribution in [1.82, 2.24) is 0 Å². The van der Waals surface area contributed by atoms with E-state index in [1.165, 1.54) is 12.5 Å². The molecular formula is C8H16O4Si. The molecule has 0 unspecified atom stereocenters. The molecule has 0 rings (SSSR count). The minimum absolute atomic E-state index is 0.452. The Morgan fingerprint density at radius 2 is 1.38 bits per heavy atom. The molecule has 0 N–H and O–H groups in total. The average Bonchev–Trinajstić information content (AvgIpc) is 2.06. The van der Waals surface area contributed by atoms with E-state index in [4.69, 9.17) is 17.7 Å². The summed E-state index contributed by atoms with van der Waals surface area (Å²) in [4.78, 5) is 0. The fourth-order valence-corrected chi connectivity index (χ4v) is 2.29. The molecule has 0 aliphatic rings. The standard InChI is InChI=1S/C8H16O4Si/c1-5-9-13(10-6-2,11-7-3)12-8-4/h5-6H,1-2,7-8H2,3-4H3. The summed E-state index contributed by atoms with van der Waals surface area (Å²) in [6.45, 7) is 11.4. The second-order valence-corrected chi connectivity index (χ2v) is 3.98. The van der Waals surface area contributed by atoms with E-state index in [9.17, 15) is 0 Å². The summed E-state index contributed by atoms with van der Waals surface area (Å²) in [5, 5.41) is 0. The van der Waals surface area contributed by atoms with E-state index in [0.717, 1.165) is 0 Å². The highest BCUT2D eigenvalue weighted by molar-refractivity contribution is 6.53. The van der Waals surface area contributed by atoms with Crippen LogP contribution >= 0.6 is 0 Å². The van der Waals surface area contributed by atoms with Crippen molar-refractivity contribution < 1.29 is 17.7 Å². The lowest BCUT2D eigenvalue weighted by Gasteiger charge is -2.23. The Morgan fingerprint density at radius 3 is 1.62 bits per heavy atom. The minimum Gasteiger partial charge on any atom is -0.478 e. The van der Waals surface area contributed by atoms with E-state index in [1.54, 1.807) is 0 Å². The predicted octanol–water partition coefficient (Wildman–Crippen LogP) is 1.82. The zero-order chi connectivity index (χ0) is 10.2. The van der Waals surface area contributed by atoms with Crippen molar-refractivity contribution in [2.45, 2.75) is 13.8 Å². The first-order valence-corrected chi connectivity index (χ1v) is 5.73. The molecule has 0 aromatic heterocycles. The van der Waals surface area contributed by atoms with Crippen molar-refractivity contribution in [3.63, 3.8) is 0 Å². The third-order valence-corrected chi connectivity index (χ3v) is 3.29. The lowest BCUT2D eigenvalue weighted by Crippen LogP contribution is -2.46. The van der Waals surface area contributed by atoms with E-state index < -0.39 is 9.05 Å². The lowest BCUT2D eigenvalue weighted by atomic mass is 10.9. The predicted molar refractivity (Wildman–Crippen MR) is 51.6 cm³/mol. The van der Waals surface area contributed by atoms with Crippen LogP contribution in [0.25, 0.3) is 0 Å². The summed E-state index contributed by atoms with van der Waals surface area (Å²) in [6, 6.07) is 0. The zero-order valence-electron chi connectivity index (χ0n) is 8.12. The van der Waals surface area contributed by atoms with Crippen LogP contribution in [-0.4, -0.2) is 22.3 Å². The largest absolute Gasteiger partial charge is 0.819 e. The molecule has 0 fully saturated rings. The minimum atomic E-state index is -3.03. The van der Waals surface area contributed by atoms with Gasteiger partial charge in [0.15, 0.2) is 0 Å². The van der Waals surface area contributed by atoms with Crippen LogP contribution in [0.4, 0.5) is 0 Å². The van der Waals surface area contributed by atoms with Gasteiger partial charge in [-0.15, -0.1) is 0 Å². The first kappa shape index (κ1) is 12.2. The maximum atomic E-state index is 5.28.